The van der Waals surface area contributed by atoms with Gasteiger partial charge < -0.3 is 10.6 Å². The molecule has 2 N–H and O–H groups in total. The van der Waals surface area contributed by atoms with Gasteiger partial charge in [0.25, 0.3) is 0 Å². The minimum absolute atomic E-state index is 0.161. The maximum atomic E-state index is 11.6. The molecule has 0 atom stereocenters. The Morgan fingerprint density at radius 3 is 3.12 bits per heavy atom. The van der Waals surface area contributed by atoms with Crippen LogP contribution in [0.4, 0.5) is 11.4 Å². The van der Waals surface area contributed by atoms with Crippen molar-refractivity contribution in [2.45, 2.75) is 25.7 Å². The average Bonchev–Trinajstić information content (AvgIpc) is 2.95. The molecular weight excluding hydrogens is 200 g/mol. The van der Waals surface area contributed by atoms with E-state index >= 15 is 0 Å². The van der Waals surface area contributed by atoms with E-state index in [1.165, 1.54) is 24.1 Å². The van der Waals surface area contributed by atoms with Gasteiger partial charge in [0.2, 0.25) is 5.91 Å². The molecule has 0 aromatic heterocycles. The van der Waals surface area contributed by atoms with Crippen LogP contribution in [-0.2, 0) is 11.2 Å². The molecule has 0 spiro atoms. The van der Waals surface area contributed by atoms with Gasteiger partial charge in [-0.1, -0.05) is 0 Å². The zero-order valence-corrected chi connectivity index (χ0v) is 9.25. The van der Waals surface area contributed by atoms with Crippen LogP contribution in [0.2, 0.25) is 0 Å². The first-order valence-electron chi connectivity index (χ1n) is 5.98. The first-order valence-corrected chi connectivity index (χ1v) is 5.98. The highest BCUT2D eigenvalue weighted by Gasteiger charge is 2.24. The highest BCUT2D eigenvalue weighted by Crippen LogP contribution is 2.32. The van der Waals surface area contributed by atoms with Gasteiger partial charge in [-0.3, -0.25) is 4.79 Å². The predicted octanol–water partition coefficient (Wildman–Crippen LogP) is 2.39. The molecule has 16 heavy (non-hydrogen) atoms. The predicted molar refractivity (Wildman–Crippen MR) is 64.6 cm³/mol. The van der Waals surface area contributed by atoms with Crippen molar-refractivity contribution >= 4 is 17.3 Å². The Kier molecular flexibility index (Phi) is 2.31. The molecule has 1 aliphatic heterocycles. The van der Waals surface area contributed by atoms with E-state index in [1.807, 2.05) is 6.07 Å². The summed E-state index contributed by atoms with van der Waals surface area (Å²) in [4.78, 5) is 11.6. The second-order valence-electron chi connectivity index (χ2n) is 4.74. The van der Waals surface area contributed by atoms with Crippen molar-refractivity contribution < 1.29 is 4.79 Å². The van der Waals surface area contributed by atoms with Crippen LogP contribution < -0.4 is 10.6 Å². The topological polar surface area (TPSA) is 41.1 Å². The lowest BCUT2D eigenvalue weighted by Crippen LogP contribution is -2.11. The highest BCUT2D eigenvalue weighted by atomic mass is 16.1. The summed E-state index contributed by atoms with van der Waals surface area (Å²) < 4.78 is 0. The Hall–Kier alpha value is -1.51. The average molecular weight is 216 g/mol. The van der Waals surface area contributed by atoms with Gasteiger partial charge in [0, 0.05) is 24.3 Å². The van der Waals surface area contributed by atoms with Crippen molar-refractivity contribution in [3.8, 4) is 0 Å². The van der Waals surface area contributed by atoms with Crippen molar-refractivity contribution in [3.05, 3.63) is 23.8 Å². The van der Waals surface area contributed by atoms with Crippen molar-refractivity contribution in [2.75, 3.05) is 17.2 Å². The van der Waals surface area contributed by atoms with Crippen LogP contribution in [0.3, 0.4) is 0 Å². The Bertz CT molecular complexity index is 424. The molecule has 0 saturated heterocycles. The Labute approximate surface area is 95.2 Å². The molecule has 0 unspecified atom stereocenters. The van der Waals surface area contributed by atoms with E-state index < -0.39 is 0 Å². The van der Waals surface area contributed by atoms with Crippen LogP contribution in [0, 0.1) is 5.92 Å². The number of anilines is 2. The second-order valence-corrected chi connectivity index (χ2v) is 4.74. The summed E-state index contributed by atoms with van der Waals surface area (Å²) in [6.45, 7) is 1.01. The standard InChI is InChI=1S/C13H16N2O/c16-13(7-9-1-2-9)15-11-3-4-12-10(8-11)5-6-14-12/h3-4,8-9,14H,1-2,5-7H2,(H,15,16). The fourth-order valence-electron chi connectivity index (χ4n) is 2.18. The van der Waals surface area contributed by atoms with E-state index in [9.17, 15) is 4.79 Å². The number of nitrogens with one attached hydrogen (secondary N) is 2. The van der Waals surface area contributed by atoms with Gasteiger partial charge in [0.1, 0.15) is 0 Å². The van der Waals surface area contributed by atoms with Gasteiger partial charge in [-0.2, -0.15) is 0 Å². The quantitative estimate of drug-likeness (QED) is 0.814. The summed E-state index contributed by atoms with van der Waals surface area (Å²) in [6, 6.07) is 6.11. The summed E-state index contributed by atoms with van der Waals surface area (Å²) >= 11 is 0. The number of benzene rings is 1. The molecule has 84 valence electrons. The number of carbonyl (C=O) groups excluding carboxylic acids is 1. The molecule has 1 aliphatic carbocycles. The van der Waals surface area contributed by atoms with Crippen LogP contribution in [0.15, 0.2) is 18.2 Å². The maximum absolute atomic E-state index is 11.6. The van der Waals surface area contributed by atoms with Crippen molar-refractivity contribution in [1.82, 2.24) is 0 Å². The minimum Gasteiger partial charge on any atom is -0.384 e. The van der Waals surface area contributed by atoms with Gasteiger partial charge in [-0.05, 0) is 48.9 Å². The van der Waals surface area contributed by atoms with E-state index in [0.29, 0.717) is 12.3 Å². The lowest BCUT2D eigenvalue weighted by molar-refractivity contribution is -0.116. The number of hydrogen-bond donors (Lipinski definition) is 2. The van der Waals surface area contributed by atoms with Crippen LogP contribution in [0.5, 0.6) is 0 Å². The zero-order chi connectivity index (χ0) is 11.0. The third kappa shape index (κ3) is 2.03. The Morgan fingerprint density at radius 1 is 1.44 bits per heavy atom. The van der Waals surface area contributed by atoms with Gasteiger partial charge in [-0.25, -0.2) is 0 Å². The number of hydrogen-bond acceptors (Lipinski definition) is 2. The zero-order valence-electron chi connectivity index (χ0n) is 9.25. The Morgan fingerprint density at radius 2 is 2.31 bits per heavy atom. The first-order chi connectivity index (χ1) is 7.81. The third-order valence-corrected chi connectivity index (χ3v) is 3.27. The van der Waals surface area contributed by atoms with E-state index in [-0.39, 0.29) is 5.91 Å². The summed E-state index contributed by atoms with van der Waals surface area (Å²) in [5.41, 5.74) is 3.46. The van der Waals surface area contributed by atoms with Crippen LogP contribution >= 0.6 is 0 Å². The number of amides is 1. The van der Waals surface area contributed by atoms with Gasteiger partial charge in [-0.15, -0.1) is 0 Å². The van der Waals surface area contributed by atoms with Crippen LogP contribution in [0.1, 0.15) is 24.8 Å². The molecule has 3 nitrogen and oxygen atoms in total. The largest absolute Gasteiger partial charge is 0.384 e. The molecule has 0 bridgehead atoms. The summed E-state index contributed by atoms with van der Waals surface area (Å²) in [7, 11) is 0. The van der Waals surface area contributed by atoms with Gasteiger partial charge >= 0.3 is 0 Å². The van der Waals surface area contributed by atoms with Crippen LogP contribution in [0.25, 0.3) is 0 Å². The summed E-state index contributed by atoms with van der Waals surface area (Å²) in [5.74, 6) is 0.810. The molecule has 1 heterocycles. The summed E-state index contributed by atoms with van der Waals surface area (Å²) in [5, 5.41) is 6.29. The lowest BCUT2D eigenvalue weighted by Gasteiger charge is -2.06. The van der Waals surface area contributed by atoms with E-state index in [4.69, 9.17) is 0 Å². The molecular formula is C13H16N2O. The summed E-state index contributed by atoms with van der Waals surface area (Å²) in [6.07, 6.45) is 4.19. The smallest absolute Gasteiger partial charge is 0.224 e. The fourth-order valence-corrected chi connectivity index (χ4v) is 2.18. The normalized spacial score (nSPS) is 17.8. The molecule has 2 aliphatic rings. The molecule has 1 aromatic carbocycles. The monoisotopic (exact) mass is 216 g/mol. The second kappa shape index (κ2) is 3.81. The van der Waals surface area contributed by atoms with Crippen molar-refractivity contribution in [1.29, 1.82) is 0 Å². The molecule has 3 heteroatoms. The van der Waals surface area contributed by atoms with Crippen molar-refractivity contribution in [2.24, 2.45) is 5.92 Å². The molecule has 1 fully saturated rings. The first kappa shape index (κ1) is 9.70. The molecule has 1 saturated carbocycles. The molecule has 3 rings (SSSR count). The van der Waals surface area contributed by atoms with Gasteiger partial charge in [0.05, 0.1) is 0 Å². The Balaban J connectivity index is 1.67. The van der Waals surface area contributed by atoms with Gasteiger partial charge in [0.15, 0.2) is 0 Å². The molecule has 1 amide bonds. The third-order valence-electron chi connectivity index (χ3n) is 3.27. The minimum atomic E-state index is 0.161. The number of rotatable bonds is 3. The molecule has 0 radical (unpaired) electrons. The highest BCUT2D eigenvalue weighted by molar-refractivity contribution is 5.91. The number of carbonyl (C=O) groups is 1. The number of fused-ring (bicyclic) bond motifs is 1. The molecule has 1 aromatic rings. The lowest BCUT2D eigenvalue weighted by atomic mass is 10.1. The fraction of sp³-hybridized carbons (Fsp3) is 0.462. The van der Waals surface area contributed by atoms with E-state index in [0.717, 1.165) is 18.7 Å². The SMILES string of the molecule is O=C(CC1CC1)Nc1ccc2c(c1)CCN2. The van der Waals surface area contributed by atoms with Crippen LogP contribution in [-0.4, -0.2) is 12.5 Å². The van der Waals surface area contributed by atoms with E-state index in [1.54, 1.807) is 0 Å². The van der Waals surface area contributed by atoms with Crippen molar-refractivity contribution in [3.63, 3.8) is 0 Å². The van der Waals surface area contributed by atoms with E-state index in [2.05, 4.69) is 22.8 Å². The maximum Gasteiger partial charge on any atom is 0.224 e.